The van der Waals surface area contributed by atoms with Crippen LogP contribution in [0.3, 0.4) is 0 Å². The van der Waals surface area contributed by atoms with Crippen LogP contribution in [0.25, 0.3) is 0 Å². The number of carboxylic acid groups (broad SMARTS) is 1. The van der Waals surface area contributed by atoms with E-state index in [0.717, 1.165) is 0 Å². The van der Waals surface area contributed by atoms with Crippen molar-refractivity contribution in [2.75, 3.05) is 0 Å². The van der Waals surface area contributed by atoms with Gasteiger partial charge in [0.15, 0.2) is 0 Å². The number of aromatic carboxylic acids is 1. The van der Waals surface area contributed by atoms with Crippen LogP contribution in [0, 0.1) is 0 Å². The molecule has 0 aliphatic carbocycles. The second-order valence-corrected chi connectivity index (χ2v) is 3.16. The number of hydrogen-bond acceptors (Lipinski definition) is 3. The summed E-state index contributed by atoms with van der Waals surface area (Å²) in [5, 5.41) is 25.9. The Morgan fingerprint density at radius 3 is 1.58 bits per heavy atom. The van der Waals surface area contributed by atoms with Crippen LogP contribution in [-0.4, -0.2) is 96.8 Å². The van der Waals surface area contributed by atoms with Crippen molar-refractivity contribution in [3.05, 3.63) is 60.2 Å². The van der Waals surface area contributed by atoms with E-state index in [-0.39, 0.29) is 86.8 Å². The second kappa shape index (κ2) is 11.8. The van der Waals surface area contributed by atoms with Gasteiger partial charge in [-0.3, -0.25) is 0 Å². The molecular formula is C13H16Ca2O4. The summed E-state index contributed by atoms with van der Waals surface area (Å²) < 4.78 is 0. The van der Waals surface area contributed by atoms with E-state index in [1.807, 2.05) is 6.07 Å². The summed E-state index contributed by atoms with van der Waals surface area (Å²) in [5.41, 5.74) is -0.0671. The van der Waals surface area contributed by atoms with Gasteiger partial charge in [0.1, 0.15) is 17.1 Å². The second-order valence-electron chi connectivity index (χ2n) is 3.16. The van der Waals surface area contributed by atoms with Gasteiger partial charge in [0.25, 0.3) is 0 Å². The predicted molar refractivity (Wildman–Crippen MR) is 80.3 cm³/mol. The molecular weight excluding hydrogens is 300 g/mol. The zero-order valence-electron chi connectivity index (χ0n) is 8.95. The van der Waals surface area contributed by atoms with Crippen molar-refractivity contribution in [1.29, 1.82) is 0 Å². The molecule has 0 fully saturated rings. The zero-order valence-corrected chi connectivity index (χ0v) is 8.95. The number of hydrogen-bond donors (Lipinski definition) is 3. The fraction of sp³-hybridized carbons (Fsp3) is 0. The molecule has 0 unspecified atom stereocenters. The Morgan fingerprint density at radius 1 is 0.789 bits per heavy atom. The first kappa shape index (κ1) is 21.3. The van der Waals surface area contributed by atoms with E-state index < -0.39 is 5.97 Å². The van der Waals surface area contributed by atoms with Gasteiger partial charge in [0, 0.05) is 0 Å². The fourth-order valence-corrected chi connectivity index (χ4v) is 1.08. The summed E-state index contributed by atoms with van der Waals surface area (Å²) in [6.07, 6.45) is 0. The Labute approximate surface area is 171 Å². The molecule has 3 N–H and O–H groups in total. The maximum absolute atomic E-state index is 10.3. The third-order valence-corrected chi connectivity index (χ3v) is 1.89. The molecule has 4 nitrogen and oxygen atoms in total. The SMILES string of the molecule is O=C(O)c1ccccc1O.Oc1ccccc1.[CaH2].[CaH2]. The van der Waals surface area contributed by atoms with Gasteiger partial charge < -0.3 is 15.3 Å². The summed E-state index contributed by atoms with van der Waals surface area (Å²) >= 11 is 0. The molecule has 0 heterocycles. The van der Waals surface area contributed by atoms with Gasteiger partial charge in [-0.1, -0.05) is 30.3 Å². The van der Waals surface area contributed by atoms with Gasteiger partial charge in [-0.05, 0) is 24.3 Å². The topological polar surface area (TPSA) is 77.8 Å². The van der Waals surface area contributed by atoms with Gasteiger partial charge >= 0.3 is 81.4 Å². The van der Waals surface area contributed by atoms with Crippen molar-refractivity contribution >= 4 is 81.4 Å². The van der Waals surface area contributed by atoms with Gasteiger partial charge in [-0.2, -0.15) is 0 Å². The molecule has 2 aromatic carbocycles. The number of benzene rings is 2. The first-order valence-corrected chi connectivity index (χ1v) is 4.86. The summed E-state index contributed by atoms with van der Waals surface area (Å²) in [6, 6.07) is 14.5. The Morgan fingerprint density at radius 2 is 1.26 bits per heavy atom. The van der Waals surface area contributed by atoms with Crippen LogP contribution < -0.4 is 0 Å². The van der Waals surface area contributed by atoms with E-state index in [1.165, 1.54) is 12.1 Å². The third-order valence-electron chi connectivity index (χ3n) is 1.89. The molecule has 0 aliphatic heterocycles. The number of carboxylic acids is 1. The first-order chi connectivity index (χ1) is 8.11. The van der Waals surface area contributed by atoms with Crippen LogP contribution in [-0.2, 0) is 0 Å². The molecule has 0 saturated heterocycles. The molecule has 0 bridgehead atoms. The minimum absolute atomic E-state index is 0. The Kier molecular flexibility index (Phi) is 13.3. The average molecular weight is 316 g/mol. The van der Waals surface area contributed by atoms with Crippen molar-refractivity contribution in [2.45, 2.75) is 0 Å². The minimum atomic E-state index is -1.11. The standard InChI is InChI=1S/C7H6O3.C6H6O.2Ca.4H/c8-6-4-2-1-3-5(6)7(9)10;7-6-4-2-1-3-5-6;;;;;;/h1-4,8H,(H,9,10);1-5,7H;;;;;;. The van der Waals surface area contributed by atoms with Crippen molar-refractivity contribution < 1.29 is 20.1 Å². The van der Waals surface area contributed by atoms with Gasteiger partial charge in [0.05, 0.1) is 0 Å². The van der Waals surface area contributed by atoms with E-state index >= 15 is 0 Å². The Balaban J connectivity index is 0. The molecule has 0 aliphatic rings. The van der Waals surface area contributed by atoms with Crippen molar-refractivity contribution in [3.63, 3.8) is 0 Å². The van der Waals surface area contributed by atoms with Crippen LogP contribution in [0.15, 0.2) is 54.6 Å². The van der Waals surface area contributed by atoms with Crippen LogP contribution >= 0.6 is 0 Å². The van der Waals surface area contributed by atoms with Gasteiger partial charge in [-0.25, -0.2) is 4.79 Å². The van der Waals surface area contributed by atoms with Crippen molar-refractivity contribution in [1.82, 2.24) is 0 Å². The van der Waals surface area contributed by atoms with E-state index in [0.29, 0.717) is 5.75 Å². The summed E-state index contributed by atoms with van der Waals surface area (Å²) in [5.74, 6) is -0.990. The molecule has 6 heteroatoms. The van der Waals surface area contributed by atoms with Crippen LogP contribution in [0.1, 0.15) is 10.4 Å². The molecule has 0 atom stereocenters. The van der Waals surface area contributed by atoms with E-state index in [9.17, 15) is 4.79 Å². The van der Waals surface area contributed by atoms with Crippen LogP contribution in [0.4, 0.5) is 0 Å². The number of para-hydroxylation sites is 2. The predicted octanol–water partition coefficient (Wildman–Crippen LogP) is 0.650. The van der Waals surface area contributed by atoms with E-state index in [1.54, 1.807) is 36.4 Å². The van der Waals surface area contributed by atoms with Crippen molar-refractivity contribution in [3.8, 4) is 11.5 Å². The number of aromatic hydroxyl groups is 2. The molecule has 2 aromatic rings. The molecule has 0 amide bonds. The van der Waals surface area contributed by atoms with E-state index in [4.69, 9.17) is 15.3 Å². The fourth-order valence-electron chi connectivity index (χ4n) is 1.08. The number of phenols is 2. The Hall–Kier alpha value is 0.0295. The Bertz CT molecular complexity index is 489. The molecule has 19 heavy (non-hydrogen) atoms. The maximum atomic E-state index is 10.3. The summed E-state index contributed by atoms with van der Waals surface area (Å²) in [6.45, 7) is 0. The third kappa shape index (κ3) is 8.73. The molecule has 0 radical (unpaired) electrons. The van der Waals surface area contributed by atoms with Gasteiger partial charge in [0.2, 0.25) is 0 Å². The number of phenolic OH excluding ortho intramolecular Hbond substituents is 1. The van der Waals surface area contributed by atoms with Crippen molar-refractivity contribution in [2.24, 2.45) is 0 Å². The average Bonchev–Trinajstić information content (AvgIpc) is 2.31. The van der Waals surface area contributed by atoms with E-state index in [2.05, 4.69) is 0 Å². The zero-order chi connectivity index (χ0) is 12.7. The number of carbonyl (C=O) groups is 1. The quantitative estimate of drug-likeness (QED) is 0.675. The molecule has 0 spiro atoms. The van der Waals surface area contributed by atoms with Gasteiger partial charge in [-0.15, -0.1) is 0 Å². The van der Waals surface area contributed by atoms with Crippen LogP contribution in [0.2, 0.25) is 0 Å². The molecule has 0 aromatic heterocycles. The monoisotopic (exact) mass is 316 g/mol. The first-order valence-electron chi connectivity index (χ1n) is 4.86. The normalized spacial score (nSPS) is 8.00. The number of rotatable bonds is 1. The summed E-state index contributed by atoms with van der Waals surface area (Å²) in [4.78, 5) is 10.3. The summed E-state index contributed by atoms with van der Waals surface area (Å²) in [7, 11) is 0. The molecule has 2 rings (SSSR count). The van der Waals surface area contributed by atoms with Crippen LogP contribution in [0.5, 0.6) is 11.5 Å². The molecule has 96 valence electrons. The molecule has 0 saturated carbocycles.